The molecule has 0 aliphatic carbocycles. The fraction of sp³-hybridized carbons (Fsp3) is 0.316. The summed E-state index contributed by atoms with van der Waals surface area (Å²) in [6.45, 7) is 0.777. The summed E-state index contributed by atoms with van der Waals surface area (Å²) in [4.78, 5) is 12.5. The molecule has 1 saturated heterocycles. The Morgan fingerprint density at radius 3 is 2.15 bits per heavy atom. The van der Waals surface area contributed by atoms with Crippen molar-refractivity contribution in [3.05, 3.63) is 54.6 Å². The van der Waals surface area contributed by atoms with Crippen molar-refractivity contribution in [3.8, 4) is 11.5 Å². The Bertz CT molecular complexity index is 841. The van der Waals surface area contributed by atoms with Gasteiger partial charge < -0.3 is 14.7 Å². The van der Waals surface area contributed by atoms with Crippen LogP contribution in [0.25, 0.3) is 0 Å². The van der Waals surface area contributed by atoms with Crippen LogP contribution >= 0.6 is 0 Å². The fourth-order valence-electron chi connectivity index (χ4n) is 3.04. The third-order valence-electron chi connectivity index (χ3n) is 4.50. The monoisotopic (exact) mass is 375 g/mol. The Labute approximate surface area is 152 Å². The Hall–Kier alpha value is -2.54. The zero-order chi connectivity index (χ0) is 18.6. The van der Waals surface area contributed by atoms with Crippen molar-refractivity contribution in [3.63, 3.8) is 0 Å². The van der Waals surface area contributed by atoms with E-state index in [1.165, 1.54) is 4.90 Å². The van der Waals surface area contributed by atoms with E-state index in [0.29, 0.717) is 37.4 Å². The lowest BCUT2D eigenvalue weighted by Gasteiger charge is -2.29. The number of carboxylic acid groups (broad SMARTS) is 1. The minimum atomic E-state index is -3.41. The van der Waals surface area contributed by atoms with Gasteiger partial charge in [-0.05, 0) is 55.2 Å². The molecule has 0 bridgehead atoms. The van der Waals surface area contributed by atoms with E-state index in [4.69, 9.17) is 9.84 Å². The van der Waals surface area contributed by atoms with Crippen molar-refractivity contribution < 1.29 is 23.1 Å². The molecule has 0 saturated carbocycles. The highest BCUT2D eigenvalue weighted by Gasteiger charge is 2.27. The number of para-hydroxylation sites is 1. The van der Waals surface area contributed by atoms with Crippen molar-refractivity contribution in [1.29, 1.82) is 0 Å². The molecule has 1 aliphatic heterocycles. The van der Waals surface area contributed by atoms with E-state index < -0.39 is 15.9 Å². The highest BCUT2D eigenvalue weighted by Crippen LogP contribution is 2.26. The van der Waals surface area contributed by atoms with Crippen LogP contribution in [0.5, 0.6) is 11.5 Å². The van der Waals surface area contributed by atoms with E-state index in [9.17, 15) is 13.2 Å². The summed E-state index contributed by atoms with van der Waals surface area (Å²) in [5.41, 5.74) is 0. The molecule has 26 heavy (non-hydrogen) atoms. The molecule has 0 unspecified atom stereocenters. The second-order valence-corrected chi connectivity index (χ2v) is 8.42. The van der Waals surface area contributed by atoms with E-state index >= 15 is 0 Å². The van der Waals surface area contributed by atoms with Gasteiger partial charge in [-0.15, -0.1) is 0 Å². The molecule has 1 aliphatic rings. The minimum absolute atomic E-state index is 0.0177. The van der Waals surface area contributed by atoms with Crippen LogP contribution in [-0.4, -0.2) is 43.4 Å². The first-order chi connectivity index (χ1) is 12.4. The maximum Gasteiger partial charge on any atom is 0.407 e. The predicted octanol–water partition coefficient (Wildman–Crippen LogP) is 3.64. The second-order valence-electron chi connectivity index (χ2n) is 6.38. The van der Waals surface area contributed by atoms with Gasteiger partial charge >= 0.3 is 6.09 Å². The van der Waals surface area contributed by atoms with Gasteiger partial charge in [-0.1, -0.05) is 18.2 Å². The SMILES string of the molecule is O=C(O)N1CCC(CS(=O)(=O)c2ccc(Oc3ccccc3)cc2)CC1. The number of rotatable bonds is 5. The van der Waals surface area contributed by atoms with Crippen LogP contribution in [-0.2, 0) is 9.84 Å². The Balaban J connectivity index is 1.62. The molecular weight excluding hydrogens is 354 g/mol. The van der Waals surface area contributed by atoms with Crippen LogP contribution in [0, 0.1) is 5.92 Å². The van der Waals surface area contributed by atoms with Gasteiger partial charge in [0.15, 0.2) is 9.84 Å². The highest BCUT2D eigenvalue weighted by molar-refractivity contribution is 7.91. The molecule has 6 nitrogen and oxygen atoms in total. The summed E-state index contributed by atoms with van der Waals surface area (Å²) in [6, 6.07) is 15.7. The molecule has 0 atom stereocenters. The number of amides is 1. The molecule has 3 rings (SSSR count). The number of hydrogen-bond donors (Lipinski definition) is 1. The maximum atomic E-state index is 12.6. The van der Waals surface area contributed by atoms with Crippen LogP contribution in [0.1, 0.15) is 12.8 Å². The lowest BCUT2D eigenvalue weighted by molar-refractivity contribution is 0.127. The highest BCUT2D eigenvalue weighted by atomic mass is 32.2. The van der Waals surface area contributed by atoms with Crippen molar-refractivity contribution in [2.45, 2.75) is 17.7 Å². The van der Waals surface area contributed by atoms with Gasteiger partial charge in [-0.2, -0.15) is 0 Å². The minimum Gasteiger partial charge on any atom is -0.465 e. The normalized spacial score (nSPS) is 15.6. The number of likely N-dealkylation sites (tertiary alicyclic amines) is 1. The van der Waals surface area contributed by atoms with Gasteiger partial charge in [0.05, 0.1) is 10.6 Å². The van der Waals surface area contributed by atoms with Crippen LogP contribution in [0.3, 0.4) is 0 Å². The number of carbonyl (C=O) groups is 1. The van der Waals surface area contributed by atoms with Crippen LogP contribution in [0.15, 0.2) is 59.5 Å². The number of hydrogen-bond acceptors (Lipinski definition) is 4. The van der Waals surface area contributed by atoms with Crippen molar-refractivity contribution >= 4 is 15.9 Å². The molecule has 2 aromatic rings. The van der Waals surface area contributed by atoms with Crippen LogP contribution < -0.4 is 4.74 Å². The van der Waals surface area contributed by atoms with Gasteiger partial charge in [0.25, 0.3) is 0 Å². The topological polar surface area (TPSA) is 83.9 Å². The van der Waals surface area contributed by atoms with Gasteiger partial charge in [-0.25, -0.2) is 13.2 Å². The average Bonchev–Trinajstić information content (AvgIpc) is 2.63. The molecule has 1 amide bonds. The summed E-state index contributed by atoms with van der Waals surface area (Å²) in [5, 5.41) is 8.96. The van der Waals surface area contributed by atoms with E-state index in [1.54, 1.807) is 24.3 Å². The van der Waals surface area contributed by atoms with E-state index in [0.717, 1.165) is 0 Å². The Kier molecular flexibility index (Phi) is 5.46. The largest absolute Gasteiger partial charge is 0.465 e. The van der Waals surface area contributed by atoms with Crippen molar-refractivity contribution in [2.24, 2.45) is 5.92 Å². The smallest absolute Gasteiger partial charge is 0.407 e. The Morgan fingerprint density at radius 2 is 1.58 bits per heavy atom. The summed E-state index contributed by atoms with van der Waals surface area (Å²) in [7, 11) is -3.41. The quantitative estimate of drug-likeness (QED) is 0.862. The molecule has 1 N–H and O–H groups in total. The summed E-state index contributed by atoms with van der Waals surface area (Å²) >= 11 is 0. The molecule has 1 fully saturated rings. The van der Waals surface area contributed by atoms with Crippen LogP contribution in [0.2, 0.25) is 0 Å². The van der Waals surface area contributed by atoms with Gasteiger partial charge in [0, 0.05) is 13.1 Å². The lowest BCUT2D eigenvalue weighted by atomic mass is 9.99. The molecule has 138 valence electrons. The maximum absolute atomic E-state index is 12.6. The van der Waals surface area contributed by atoms with Crippen molar-refractivity contribution in [2.75, 3.05) is 18.8 Å². The standard InChI is InChI=1S/C19H21NO5S/c21-19(22)20-12-10-15(11-13-20)14-26(23,24)18-8-6-17(7-9-18)25-16-4-2-1-3-5-16/h1-9,15H,10-14H2,(H,21,22). The van der Waals surface area contributed by atoms with E-state index in [1.807, 2.05) is 30.3 Å². The molecule has 0 spiro atoms. The molecular formula is C19H21NO5S. The number of nitrogens with zero attached hydrogens (tertiary/aromatic N) is 1. The number of piperidine rings is 1. The summed E-state index contributed by atoms with van der Waals surface area (Å²) < 4.78 is 30.9. The zero-order valence-corrected chi connectivity index (χ0v) is 15.1. The van der Waals surface area contributed by atoms with Gasteiger partial charge in [0.2, 0.25) is 0 Å². The van der Waals surface area contributed by atoms with E-state index in [-0.39, 0.29) is 16.6 Å². The molecule has 2 aromatic carbocycles. The van der Waals surface area contributed by atoms with Gasteiger partial charge in [-0.3, -0.25) is 0 Å². The van der Waals surface area contributed by atoms with E-state index in [2.05, 4.69) is 0 Å². The first-order valence-electron chi connectivity index (χ1n) is 8.47. The first kappa shape index (κ1) is 18.3. The second kappa shape index (κ2) is 7.78. The number of benzene rings is 2. The van der Waals surface area contributed by atoms with Gasteiger partial charge in [0.1, 0.15) is 11.5 Å². The fourth-order valence-corrected chi connectivity index (χ4v) is 4.73. The lowest BCUT2D eigenvalue weighted by Crippen LogP contribution is -2.39. The predicted molar refractivity (Wildman–Crippen MR) is 97.3 cm³/mol. The first-order valence-corrected chi connectivity index (χ1v) is 10.1. The molecule has 0 aromatic heterocycles. The number of sulfone groups is 1. The average molecular weight is 375 g/mol. The zero-order valence-electron chi connectivity index (χ0n) is 14.2. The summed E-state index contributed by atoms with van der Waals surface area (Å²) in [6.07, 6.45) is 0.196. The third-order valence-corrected chi connectivity index (χ3v) is 6.40. The third kappa shape index (κ3) is 4.54. The van der Waals surface area contributed by atoms with Crippen LogP contribution in [0.4, 0.5) is 4.79 Å². The summed E-state index contributed by atoms with van der Waals surface area (Å²) in [5.74, 6) is 1.29. The molecule has 1 heterocycles. The van der Waals surface area contributed by atoms with Crippen molar-refractivity contribution in [1.82, 2.24) is 4.90 Å². The molecule has 7 heteroatoms. The molecule has 0 radical (unpaired) electrons. The number of ether oxygens (including phenoxy) is 1. The Morgan fingerprint density at radius 1 is 1.00 bits per heavy atom.